The van der Waals surface area contributed by atoms with Gasteiger partial charge < -0.3 is 14.6 Å². The van der Waals surface area contributed by atoms with Crippen molar-refractivity contribution in [2.24, 2.45) is 5.92 Å². The third-order valence-electron chi connectivity index (χ3n) is 5.08. The van der Waals surface area contributed by atoms with Crippen LogP contribution in [-0.4, -0.2) is 37.3 Å². The Morgan fingerprint density at radius 1 is 1.00 bits per heavy atom. The first-order valence-corrected chi connectivity index (χ1v) is 8.88. The Bertz CT molecular complexity index is 666. The van der Waals surface area contributed by atoms with Gasteiger partial charge in [-0.3, -0.25) is 4.90 Å². The van der Waals surface area contributed by atoms with Crippen LogP contribution in [0, 0.1) is 5.92 Å². The summed E-state index contributed by atoms with van der Waals surface area (Å²) in [5.74, 6) is 1.55. The molecule has 1 heterocycles. The Morgan fingerprint density at radius 3 is 2.36 bits per heavy atom. The van der Waals surface area contributed by atoms with Crippen molar-refractivity contribution in [1.82, 2.24) is 4.90 Å². The molecule has 0 radical (unpaired) electrons. The van der Waals surface area contributed by atoms with Crippen molar-refractivity contribution in [1.29, 1.82) is 0 Å². The van der Waals surface area contributed by atoms with E-state index in [-0.39, 0.29) is 5.92 Å². The van der Waals surface area contributed by atoms with Crippen molar-refractivity contribution in [3.63, 3.8) is 0 Å². The fourth-order valence-electron chi connectivity index (χ4n) is 3.67. The van der Waals surface area contributed by atoms with Crippen LogP contribution in [0.3, 0.4) is 0 Å². The molecule has 1 unspecified atom stereocenters. The van der Waals surface area contributed by atoms with Crippen molar-refractivity contribution in [2.45, 2.75) is 25.5 Å². The standard InChI is InChI=1S/C21H27NO3/c1-24-19-10-6-9-18(21(19)25-2)20(23)17-11-13-22(14-12-17)15-16-7-4-3-5-8-16/h3-10,17,20,23H,11-15H2,1-2H3. The second-order valence-electron chi connectivity index (χ2n) is 6.63. The number of benzene rings is 2. The summed E-state index contributed by atoms with van der Waals surface area (Å²) in [5, 5.41) is 10.9. The third-order valence-corrected chi connectivity index (χ3v) is 5.08. The summed E-state index contributed by atoms with van der Waals surface area (Å²) in [4.78, 5) is 2.46. The lowest BCUT2D eigenvalue weighted by atomic mass is 9.87. The average molecular weight is 341 g/mol. The number of piperidine rings is 1. The quantitative estimate of drug-likeness (QED) is 0.871. The van der Waals surface area contributed by atoms with Crippen molar-refractivity contribution in [3.8, 4) is 11.5 Å². The highest BCUT2D eigenvalue weighted by atomic mass is 16.5. The van der Waals surface area contributed by atoms with Crippen LogP contribution in [0.4, 0.5) is 0 Å². The van der Waals surface area contributed by atoms with E-state index in [0.29, 0.717) is 11.5 Å². The van der Waals surface area contributed by atoms with Crippen LogP contribution in [0.2, 0.25) is 0 Å². The summed E-state index contributed by atoms with van der Waals surface area (Å²) in [5.41, 5.74) is 2.17. The number of hydrogen-bond acceptors (Lipinski definition) is 4. The van der Waals surface area contributed by atoms with Gasteiger partial charge in [-0.25, -0.2) is 0 Å². The van der Waals surface area contributed by atoms with Crippen LogP contribution in [-0.2, 0) is 6.54 Å². The molecule has 1 aliphatic rings. The Balaban J connectivity index is 1.63. The van der Waals surface area contributed by atoms with E-state index in [9.17, 15) is 5.11 Å². The molecule has 1 fully saturated rings. The maximum atomic E-state index is 10.9. The van der Waals surface area contributed by atoms with Gasteiger partial charge in [-0.1, -0.05) is 42.5 Å². The smallest absolute Gasteiger partial charge is 0.166 e. The van der Waals surface area contributed by atoms with Gasteiger partial charge in [-0.05, 0) is 43.5 Å². The molecule has 1 atom stereocenters. The molecule has 1 saturated heterocycles. The number of nitrogens with zero attached hydrogens (tertiary/aromatic N) is 1. The monoisotopic (exact) mass is 341 g/mol. The molecule has 0 aromatic heterocycles. The summed E-state index contributed by atoms with van der Waals surface area (Å²) >= 11 is 0. The minimum atomic E-state index is -0.524. The Kier molecular flexibility index (Phi) is 5.95. The summed E-state index contributed by atoms with van der Waals surface area (Å²) in [7, 11) is 3.24. The molecule has 134 valence electrons. The van der Waals surface area contributed by atoms with E-state index in [1.165, 1.54) is 5.56 Å². The summed E-state index contributed by atoms with van der Waals surface area (Å²) < 4.78 is 10.8. The van der Waals surface area contributed by atoms with Crippen LogP contribution in [0.25, 0.3) is 0 Å². The topological polar surface area (TPSA) is 41.9 Å². The molecule has 4 nitrogen and oxygen atoms in total. The molecule has 2 aromatic rings. The van der Waals surface area contributed by atoms with Gasteiger partial charge in [0.05, 0.1) is 20.3 Å². The van der Waals surface area contributed by atoms with Gasteiger partial charge in [0.15, 0.2) is 11.5 Å². The first-order valence-electron chi connectivity index (χ1n) is 8.88. The van der Waals surface area contributed by atoms with Gasteiger partial charge in [0.2, 0.25) is 0 Å². The van der Waals surface area contributed by atoms with E-state index in [0.717, 1.165) is 38.0 Å². The lowest BCUT2D eigenvalue weighted by molar-refractivity contribution is 0.0549. The number of rotatable bonds is 6. The van der Waals surface area contributed by atoms with Gasteiger partial charge in [0.1, 0.15) is 0 Å². The fourth-order valence-corrected chi connectivity index (χ4v) is 3.67. The molecule has 0 amide bonds. The summed E-state index contributed by atoms with van der Waals surface area (Å²) in [6.45, 7) is 2.98. The van der Waals surface area contributed by atoms with Gasteiger partial charge >= 0.3 is 0 Å². The van der Waals surface area contributed by atoms with Gasteiger partial charge in [0, 0.05) is 12.1 Å². The van der Waals surface area contributed by atoms with Crippen LogP contribution in [0.15, 0.2) is 48.5 Å². The number of para-hydroxylation sites is 1. The molecule has 0 saturated carbocycles. The fraction of sp³-hybridized carbons (Fsp3) is 0.429. The van der Waals surface area contributed by atoms with Crippen LogP contribution >= 0.6 is 0 Å². The zero-order chi connectivity index (χ0) is 17.6. The predicted octanol–water partition coefficient (Wildman–Crippen LogP) is 3.65. The maximum Gasteiger partial charge on any atom is 0.166 e. The van der Waals surface area contributed by atoms with Gasteiger partial charge in [-0.15, -0.1) is 0 Å². The van der Waals surface area contributed by atoms with Crippen molar-refractivity contribution >= 4 is 0 Å². The van der Waals surface area contributed by atoms with Crippen LogP contribution in [0.5, 0.6) is 11.5 Å². The molecule has 3 rings (SSSR count). The second-order valence-corrected chi connectivity index (χ2v) is 6.63. The first kappa shape index (κ1) is 17.8. The summed E-state index contributed by atoms with van der Waals surface area (Å²) in [6.07, 6.45) is 1.44. The summed E-state index contributed by atoms with van der Waals surface area (Å²) in [6, 6.07) is 16.3. The Hall–Kier alpha value is -2.04. The number of likely N-dealkylation sites (tertiary alicyclic amines) is 1. The Labute approximate surface area is 150 Å². The van der Waals surface area contributed by atoms with E-state index in [2.05, 4.69) is 29.2 Å². The molecule has 2 aromatic carbocycles. The van der Waals surface area contributed by atoms with E-state index in [4.69, 9.17) is 9.47 Å². The van der Waals surface area contributed by atoms with E-state index in [1.807, 2.05) is 24.3 Å². The van der Waals surface area contributed by atoms with Crippen LogP contribution < -0.4 is 9.47 Å². The molecular weight excluding hydrogens is 314 g/mol. The third kappa shape index (κ3) is 4.14. The largest absolute Gasteiger partial charge is 0.493 e. The SMILES string of the molecule is COc1cccc(C(O)C2CCN(Cc3ccccc3)CC2)c1OC. The van der Waals surface area contributed by atoms with E-state index < -0.39 is 6.10 Å². The maximum absolute atomic E-state index is 10.9. The molecule has 1 N–H and O–H groups in total. The lowest BCUT2D eigenvalue weighted by Crippen LogP contribution is -2.35. The zero-order valence-corrected chi connectivity index (χ0v) is 15.0. The minimum absolute atomic E-state index is 0.244. The first-order chi connectivity index (χ1) is 12.2. The van der Waals surface area contributed by atoms with Crippen molar-refractivity contribution < 1.29 is 14.6 Å². The Morgan fingerprint density at radius 2 is 1.72 bits per heavy atom. The number of aliphatic hydroxyl groups excluding tert-OH is 1. The molecule has 0 aliphatic carbocycles. The number of methoxy groups -OCH3 is 2. The molecular formula is C21H27NO3. The average Bonchev–Trinajstić information content (AvgIpc) is 2.68. The van der Waals surface area contributed by atoms with Crippen LogP contribution in [0.1, 0.15) is 30.1 Å². The number of aliphatic hydroxyl groups is 1. The second kappa shape index (κ2) is 8.37. The zero-order valence-electron chi connectivity index (χ0n) is 15.0. The van der Waals surface area contributed by atoms with Crippen molar-refractivity contribution in [2.75, 3.05) is 27.3 Å². The normalized spacial score (nSPS) is 17.2. The molecule has 1 aliphatic heterocycles. The number of hydrogen-bond donors (Lipinski definition) is 1. The van der Waals surface area contributed by atoms with E-state index in [1.54, 1.807) is 14.2 Å². The highest BCUT2D eigenvalue weighted by molar-refractivity contribution is 5.47. The van der Waals surface area contributed by atoms with Gasteiger partial charge in [0.25, 0.3) is 0 Å². The molecule has 25 heavy (non-hydrogen) atoms. The molecule has 0 bridgehead atoms. The highest BCUT2D eigenvalue weighted by Crippen LogP contribution is 2.40. The lowest BCUT2D eigenvalue weighted by Gasteiger charge is -2.34. The minimum Gasteiger partial charge on any atom is -0.493 e. The predicted molar refractivity (Wildman–Crippen MR) is 98.9 cm³/mol. The number of ether oxygens (including phenoxy) is 2. The van der Waals surface area contributed by atoms with Gasteiger partial charge in [-0.2, -0.15) is 0 Å². The molecule has 0 spiro atoms. The van der Waals surface area contributed by atoms with E-state index >= 15 is 0 Å². The molecule has 4 heteroatoms. The highest BCUT2D eigenvalue weighted by Gasteiger charge is 2.29. The van der Waals surface area contributed by atoms with Crippen molar-refractivity contribution in [3.05, 3.63) is 59.7 Å².